The van der Waals surface area contributed by atoms with Crippen molar-refractivity contribution in [3.63, 3.8) is 0 Å². The maximum absolute atomic E-state index is 3.66. The van der Waals surface area contributed by atoms with Crippen LogP contribution in [0.25, 0.3) is 0 Å². The van der Waals surface area contributed by atoms with Gasteiger partial charge in [0.25, 0.3) is 0 Å². The van der Waals surface area contributed by atoms with Crippen molar-refractivity contribution in [1.29, 1.82) is 0 Å². The molecule has 1 N–H and O–H groups in total. The highest BCUT2D eigenvalue weighted by Crippen LogP contribution is 2.32. The van der Waals surface area contributed by atoms with Gasteiger partial charge in [0.05, 0.1) is 0 Å². The van der Waals surface area contributed by atoms with Crippen LogP contribution in [0.1, 0.15) is 59.8 Å². The molecule has 1 aliphatic heterocycles. The largest absolute Gasteiger partial charge is 0.316 e. The molecule has 0 spiro atoms. The first-order chi connectivity index (χ1) is 8.13. The molecule has 0 aromatic heterocycles. The molecule has 0 amide bonds. The maximum atomic E-state index is 3.66. The molecule has 1 atom stereocenters. The van der Waals surface area contributed by atoms with Crippen molar-refractivity contribution >= 4 is 0 Å². The van der Waals surface area contributed by atoms with Gasteiger partial charge in [-0.05, 0) is 58.0 Å². The Hall–Kier alpha value is -0.0800. The first-order valence-electron chi connectivity index (χ1n) is 7.58. The van der Waals surface area contributed by atoms with Gasteiger partial charge in [-0.2, -0.15) is 0 Å². The first kappa shape index (κ1) is 15.0. The molecule has 1 saturated heterocycles. The van der Waals surface area contributed by atoms with Crippen molar-refractivity contribution in [2.75, 3.05) is 26.2 Å². The van der Waals surface area contributed by atoms with E-state index in [9.17, 15) is 0 Å². The quantitative estimate of drug-likeness (QED) is 0.717. The Morgan fingerprint density at radius 3 is 2.59 bits per heavy atom. The van der Waals surface area contributed by atoms with Crippen molar-refractivity contribution in [2.24, 2.45) is 5.41 Å². The highest BCUT2D eigenvalue weighted by atomic mass is 15.2. The van der Waals surface area contributed by atoms with Crippen LogP contribution in [0.4, 0.5) is 0 Å². The molecule has 2 nitrogen and oxygen atoms in total. The van der Waals surface area contributed by atoms with E-state index in [2.05, 4.69) is 37.9 Å². The summed E-state index contributed by atoms with van der Waals surface area (Å²) in [6, 6.07) is 0.699. The van der Waals surface area contributed by atoms with Crippen molar-refractivity contribution in [2.45, 2.75) is 65.8 Å². The summed E-state index contributed by atoms with van der Waals surface area (Å²) in [7, 11) is 0. The van der Waals surface area contributed by atoms with Crippen LogP contribution in [0.15, 0.2) is 0 Å². The standard InChI is InChI=1S/C15H32N2/c1-5-10-16-12-15(6-2)9-7-8-11-17(13-15)14(3)4/h14,16H,5-13H2,1-4H3. The zero-order valence-electron chi connectivity index (χ0n) is 12.4. The van der Waals surface area contributed by atoms with Crippen LogP contribution in [-0.4, -0.2) is 37.1 Å². The normalized spacial score (nSPS) is 27.4. The molecule has 0 radical (unpaired) electrons. The van der Waals surface area contributed by atoms with Crippen LogP contribution in [0.2, 0.25) is 0 Å². The van der Waals surface area contributed by atoms with Crippen LogP contribution in [-0.2, 0) is 0 Å². The highest BCUT2D eigenvalue weighted by Gasteiger charge is 2.32. The smallest absolute Gasteiger partial charge is 0.00527 e. The number of nitrogens with zero attached hydrogens (tertiary/aromatic N) is 1. The lowest BCUT2D eigenvalue weighted by Gasteiger charge is -2.37. The van der Waals surface area contributed by atoms with E-state index in [1.54, 1.807) is 0 Å². The third-order valence-corrected chi connectivity index (χ3v) is 4.35. The highest BCUT2D eigenvalue weighted by molar-refractivity contribution is 4.87. The molecular weight excluding hydrogens is 208 g/mol. The van der Waals surface area contributed by atoms with Gasteiger partial charge >= 0.3 is 0 Å². The van der Waals surface area contributed by atoms with E-state index in [4.69, 9.17) is 0 Å². The van der Waals surface area contributed by atoms with Gasteiger partial charge in [-0.25, -0.2) is 0 Å². The Kier molecular flexibility index (Phi) is 6.50. The van der Waals surface area contributed by atoms with E-state index >= 15 is 0 Å². The predicted molar refractivity (Wildman–Crippen MR) is 76.4 cm³/mol. The number of nitrogens with one attached hydrogen (secondary N) is 1. The second-order valence-corrected chi connectivity index (χ2v) is 6.05. The zero-order chi connectivity index (χ0) is 12.7. The average molecular weight is 240 g/mol. The summed E-state index contributed by atoms with van der Waals surface area (Å²) in [6.07, 6.45) is 6.75. The van der Waals surface area contributed by atoms with E-state index in [0.29, 0.717) is 11.5 Å². The summed E-state index contributed by atoms with van der Waals surface area (Å²) in [5, 5.41) is 3.66. The van der Waals surface area contributed by atoms with Gasteiger partial charge in [-0.1, -0.05) is 20.3 Å². The molecule has 1 aliphatic rings. The lowest BCUT2D eigenvalue weighted by atomic mass is 9.80. The van der Waals surface area contributed by atoms with Crippen molar-refractivity contribution in [3.8, 4) is 0 Å². The third-order valence-electron chi connectivity index (χ3n) is 4.35. The maximum Gasteiger partial charge on any atom is 0.00527 e. The number of hydrogen-bond donors (Lipinski definition) is 1. The fourth-order valence-electron chi connectivity index (χ4n) is 2.93. The number of hydrogen-bond acceptors (Lipinski definition) is 2. The minimum atomic E-state index is 0.524. The lowest BCUT2D eigenvalue weighted by Crippen LogP contribution is -2.45. The zero-order valence-corrected chi connectivity index (χ0v) is 12.4. The minimum Gasteiger partial charge on any atom is -0.316 e. The molecule has 0 aromatic rings. The number of rotatable bonds is 6. The summed E-state index contributed by atoms with van der Waals surface area (Å²) in [4.78, 5) is 2.68. The monoisotopic (exact) mass is 240 g/mol. The van der Waals surface area contributed by atoms with E-state index in [0.717, 1.165) is 0 Å². The summed E-state index contributed by atoms with van der Waals surface area (Å²) >= 11 is 0. The van der Waals surface area contributed by atoms with E-state index < -0.39 is 0 Å². The van der Waals surface area contributed by atoms with Gasteiger partial charge in [-0.15, -0.1) is 0 Å². The van der Waals surface area contributed by atoms with Crippen molar-refractivity contribution < 1.29 is 0 Å². The molecule has 102 valence electrons. The van der Waals surface area contributed by atoms with Crippen LogP contribution >= 0.6 is 0 Å². The van der Waals surface area contributed by atoms with Gasteiger partial charge in [-0.3, -0.25) is 0 Å². The van der Waals surface area contributed by atoms with E-state index in [1.807, 2.05) is 0 Å². The van der Waals surface area contributed by atoms with Crippen LogP contribution in [0.5, 0.6) is 0 Å². The average Bonchev–Trinajstić information content (AvgIpc) is 2.53. The number of likely N-dealkylation sites (tertiary alicyclic amines) is 1. The van der Waals surface area contributed by atoms with Crippen molar-refractivity contribution in [1.82, 2.24) is 10.2 Å². The predicted octanol–water partition coefficient (Wildman–Crippen LogP) is 3.28. The SMILES string of the molecule is CCCNCC1(CC)CCCCN(C(C)C)C1. The molecule has 1 unspecified atom stereocenters. The topological polar surface area (TPSA) is 15.3 Å². The molecule has 0 aliphatic carbocycles. The van der Waals surface area contributed by atoms with Gasteiger partial charge < -0.3 is 10.2 Å². The fraction of sp³-hybridized carbons (Fsp3) is 1.00. The first-order valence-corrected chi connectivity index (χ1v) is 7.58. The summed E-state index contributed by atoms with van der Waals surface area (Å²) in [5.74, 6) is 0. The van der Waals surface area contributed by atoms with Crippen LogP contribution in [0, 0.1) is 5.41 Å². The van der Waals surface area contributed by atoms with Crippen LogP contribution < -0.4 is 5.32 Å². The Morgan fingerprint density at radius 1 is 1.24 bits per heavy atom. The molecule has 17 heavy (non-hydrogen) atoms. The van der Waals surface area contributed by atoms with Crippen LogP contribution in [0.3, 0.4) is 0 Å². The minimum absolute atomic E-state index is 0.524. The van der Waals surface area contributed by atoms with E-state index in [-0.39, 0.29) is 0 Å². The summed E-state index contributed by atoms with van der Waals surface area (Å²) < 4.78 is 0. The molecule has 0 bridgehead atoms. The van der Waals surface area contributed by atoms with Gasteiger partial charge in [0.15, 0.2) is 0 Å². The molecule has 2 heteroatoms. The summed E-state index contributed by atoms with van der Waals surface area (Å²) in [6.45, 7) is 14.3. The Labute approximate surface area is 108 Å². The molecular formula is C15H32N2. The second kappa shape index (κ2) is 7.38. The Bertz CT molecular complexity index is 203. The van der Waals surface area contributed by atoms with Crippen molar-refractivity contribution in [3.05, 3.63) is 0 Å². The molecule has 1 fully saturated rings. The second-order valence-electron chi connectivity index (χ2n) is 6.05. The molecule has 1 rings (SSSR count). The van der Waals surface area contributed by atoms with Gasteiger partial charge in [0.2, 0.25) is 0 Å². The van der Waals surface area contributed by atoms with E-state index in [1.165, 1.54) is 58.3 Å². The molecule has 1 heterocycles. The Balaban J connectivity index is 2.59. The summed E-state index contributed by atoms with van der Waals surface area (Å²) in [5.41, 5.74) is 0.524. The molecule has 0 saturated carbocycles. The van der Waals surface area contributed by atoms with Gasteiger partial charge in [0, 0.05) is 19.1 Å². The lowest BCUT2D eigenvalue weighted by molar-refractivity contribution is 0.128. The van der Waals surface area contributed by atoms with Gasteiger partial charge in [0.1, 0.15) is 0 Å². The third kappa shape index (κ3) is 4.59. The molecule has 0 aromatic carbocycles. The Morgan fingerprint density at radius 2 is 2.00 bits per heavy atom. The fourth-order valence-corrected chi connectivity index (χ4v) is 2.93.